The van der Waals surface area contributed by atoms with Crippen molar-refractivity contribution in [2.45, 2.75) is 20.4 Å². The highest BCUT2D eigenvalue weighted by Gasteiger charge is 2.50. The highest BCUT2D eigenvalue weighted by atomic mass is 32.2. The third kappa shape index (κ3) is 4.16. The van der Waals surface area contributed by atoms with Crippen molar-refractivity contribution in [2.24, 2.45) is 5.41 Å². The van der Waals surface area contributed by atoms with Crippen molar-refractivity contribution in [3.8, 4) is 0 Å². The summed E-state index contributed by atoms with van der Waals surface area (Å²) in [5.74, 6) is -1.04. The molecule has 1 fully saturated rings. The molecule has 0 aromatic heterocycles. The summed E-state index contributed by atoms with van der Waals surface area (Å²) < 4.78 is 26.2. The van der Waals surface area contributed by atoms with Gasteiger partial charge in [-0.05, 0) is 49.7 Å². The zero-order chi connectivity index (χ0) is 22.9. The Labute approximate surface area is 188 Å². The van der Waals surface area contributed by atoms with Crippen LogP contribution in [0.15, 0.2) is 84.9 Å². The summed E-state index contributed by atoms with van der Waals surface area (Å²) >= 11 is 0. The molecule has 4 rings (SSSR count). The fraction of sp³-hybridized carbons (Fsp3) is 0.200. The molecule has 6 nitrogen and oxygen atoms in total. The van der Waals surface area contributed by atoms with Crippen LogP contribution in [0, 0.1) is 5.41 Å². The molecular formula is C25H24N2O4S. The molecule has 0 spiro atoms. The van der Waals surface area contributed by atoms with Gasteiger partial charge in [-0.15, -0.1) is 0 Å². The van der Waals surface area contributed by atoms with Gasteiger partial charge in [0, 0.05) is 11.3 Å². The summed E-state index contributed by atoms with van der Waals surface area (Å²) in [6.45, 7) is 3.57. The van der Waals surface area contributed by atoms with Crippen LogP contribution >= 0.6 is 0 Å². The van der Waals surface area contributed by atoms with Crippen molar-refractivity contribution in [1.29, 1.82) is 0 Å². The lowest BCUT2D eigenvalue weighted by atomic mass is 9.95. The topological polar surface area (TPSA) is 74.8 Å². The molecule has 1 saturated heterocycles. The summed E-state index contributed by atoms with van der Waals surface area (Å²) in [7, 11) is -3.80. The lowest BCUT2D eigenvalue weighted by Crippen LogP contribution is -2.34. The summed E-state index contributed by atoms with van der Waals surface area (Å²) in [6.07, 6.45) is 0. The molecule has 3 aromatic rings. The molecule has 0 N–H and O–H groups in total. The molecule has 0 aliphatic carbocycles. The number of hydrogen-bond donors (Lipinski definition) is 0. The number of sulfonamides is 1. The molecule has 7 heteroatoms. The molecule has 0 saturated carbocycles. The molecule has 1 aliphatic heterocycles. The largest absolute Gasteiger partial charge is 0.304 e. The zero-order valence-corrected chi connectivity index (χ0v) is 18.7. The van der Waals surface area contributed by atoms with Crippen LogP contribution < -0.4 is 9.21 Å². The van der Waals surface area contributed by atoms with Gasteiger partial charge >= 0.3 is 0 Å². The molecule has 2 amide bonds. The second-order valence-corrected chi connectivity index (χ2v) is 10.3. The van der Waals surface area contributed by atoms with Gasteiger partial charge in [0.25, 0.3) is 5.91 Å². The molecular weight excluding hydrogens is 424 g/mol. The van der Waals surface area contributed by atoms with E-state index < -0.39 is 21.3 Å². The summed E-state index contributed by atoms with van der Waals surface area (Å²) in [5, 5.41) is 0. The van der Waals surface area contributed by atoms with Crippen LogP contribution in [0.25, 0.3) is 0 Å². The van der Waals surface area contributed by atoms with Crippen molar-refractivity contribution < 1.29 is 18.0 Å². The van der Waals surface area contributed by atoms with Gasteiger partial charge in [0.15, 0.2) is 0 Å². The molecule has 0 unspecified atom stereocenters. The highest BCUT2D eigenvalue weighted by molar-refractivity contribution is 7.94. The van der Waals surface area contributed by atoms with Crippen molar-refractivity contribution in [3.05, 3.63) is 96.1 Å². The number of rotatable bonds is 5. The predicted octanol–water partition coefficient (Wildman–Crippen LogP) is 4.24. The number of amides is 2. The molecule has 3 aromatic carbocycles. The minimum absolute atomic E-state index is 0.180. The van der Waals surface area contributed by atoms with Gasteiger partial charge in [-0.1, -0.05) is 54.6 Å². The fourth-order valence-electron chi connectivity index (χ4n) is 3.84. The third-order valence-electron chi connectivity index (χ3n) is 5.41. The first kappa shape index (κ1) is 21.8. The second-order valence-electron chi connectivity index (χ2n) is 8.47. The van der Waals surface area contributed by atoms with E-state index in [1.165, 1.54) is 12.1 Å². The first-order valence-corrected chi connectivity index (χ1v) is 11.9. The van der Waals surface area contributed by atoms with Crippen LogP contribution in [0.5, 0.6) is 0 Å². The lowest BCUT2D eigenvalue weighted by Gasteiger charge is -2.24. The van der Waals surface area contributed by atoms with Gasteiger partial charge in [-0.2, -0.15) is 0 Å². The van der Waals surface area contributed by atoms with Crippen molar-refractivity contribution in [1.82, 2.24) is 0 Å². The molecule has 1 heterocycles. The van der Waals surface area contributed by atoms with E-state index in [1.54, 1.807) is 30.9 Å². The average molecular weight is 449 g/mol. The maximum atomic E-state index is 13.6. The molecule has 164 valence electrons. The lowest BCUT2D eigenvalue weighted by molar-refractivity contribution is -0.123. The number of anilines is 2. The maximum absolute atomic E-state index is 13.6. The third-order valence-corrected chi connectivity index (χ3v) is 7.43. The number of para-hydroxylation sites is 1. The van der Waals surface area contributed by atoms with E-state index in [1.807, 2.05) is 60.7 Å². The Kier molecular flexibility index (Phi) is 5.60. The molecule has 1 aliphatic rings. The SMILES string of the molecule is CC1(C)CS(=O)(=O)N(c2cccc(C(=O)N(Cc3ccccc3)c3ccccc3)c2)C1=O. The van der Waals surface area contributed by atoms with E-state index in [0.29, 0.717) is 12.1 Å². The Balaban J connectivity index is 1.72. The van der Waals surface area contributed by atoms with E-state index in [9.17, 15) is 18.0 Å². The first-order chi connectivity index (χ1) is 15.2. The van der Waals surface area contributed by atoms with E-state index in [2.05, 4.69) is 0 Å². The van der Waals surface area contributed by atoms with E-state index >= 15 is 0 Å². The van der Waals surface area contributed by atoms with Gasteiger partial charge in [-0.25, -0.2) is 12.7 Å². The molecule has 32 heavy (non-hydrogen) atoms. The van der Waals surface area contributed by atoms with Gasteiger partial charge in [0.1, 0.15) is 0 Å². The smallest absolute Gasteiger partial charge is 0.258 e. The number of benzene rings is 3. The van der Waals surface area contributed by atoms with Crippen LogP contribution in [0.1, 0.15) is 29.8 Å². The van der Waals surface area contributed by atoms with Crippen LogP contribution in [0.2, 0.25) is 0 Å². The Bertz CT molecular complexity index is 1260. The monoisotopic (exact) mass is 448 g/mol. The Hall–Kier alpha value is -3.45. The van der Waals surface area contributed by atoms with Gasteiger partial charge in [0.2, 0.25) is 15.9 Å². The minimum atomic E-state index is -3.80. The van der Waals surface area contributed by atoms with Gasteiger partial charge in [0.05, 0.1) is 23.4 Å². The number of hydrogen-bond acceptors (Lipinski definition) is 4. The Morgan fingerprint density at radius 2 is 1.56 bits per heavy atom. The Morgan fingerprint density at radius 3 is 2.16 bits per heavy atom. The highest BCUT2D eigenvalue weighted by Crippen LogP contribution is 2.36. The molecule has 0 bridgehead atoms. The van der Waals surface area contributed by atoms with Crippen LogP contribution in [-0.4, -0.2) is 26.0 Å². The standard InChI is InChI=1S/C25H24N2O4S/c1-25(2)18-32(30,31)27(24(25)29)22-15-9-12-20(16-22)23(28)26(21-13-7-4-8-14-21)17-19-10-5-3-6-11-19/h3-16H,17-18H2,1-2H3. The van der Waals surface area contributed by atoms with Crippen molar-refractivity contribution >= 4 is 33.2 Å². The second kappa shape index (κ2) is 8.24. The fourth-order valence-corrected chi connectivity index (χ4v) is 5.94. The Morgan fingerprint density at radius 1 is 0.938 bits per heavy atom. The van der Waals surface area contributed by atoms with Crippen LogP contribution in [0.4, 0.5) is 11.4 Å². The van der Waals surface area contributed by atoms with Gasteiger partial charge < -0.3 is 4.90 Å². The van der Waals surface area contributed by atoms with Crippen molar-refractivity contribution in [3.63, 3.8) is 0 Å². The first-order valence-electron chi connectivity index (χ1n) is 10.3. The average Bonchev–Trinajstić information content (AvgIpc) is 2.95. The summed E-state index contributed by atoms with van der Waals surface area (Å²) in [6, 6.07) is 25.1. The zero-order valence-electron chi connectivity index (χ0n) is 17.9. The number of carbonyl (C=O) groups is 2. The van der Waals surface area contributed by atoms with E-state index in [0.717, 1.165) is 15.6 Å². The summed E-state index contributed by atoms with van der Waals surface area (Å²) in [4.78, 5) is 28.0. The van der Waals surface area contributed by atoms with E-state index in [4.69, 9.17) is 0 Å². The number of carbonyl (C=O) groups excluding carboxylic acids is 2. The normalized spacial score (nSPS) is 16.7. The molecule has 0 atom stereocenters. The quantitative estimate of drug-likeness (QED) is 0.585. The summed E-state index contributed by atoms with van der Waals surface area (Å²) in [5.41, 5.74) is 1.15. The van der Waals surface area contributed by atoms with Gasteiger partial charge in [-0.3, -0.25) is 9.59 Å². The number of nitrogens with zero attached hydrogens (tertiary/aromatic N) is 2. The van der Waals surface area contributed by atoms with Crippen LogP contribution in [-0.2, 0) is 21.4 Å². The van der Waals surface area contributed by atoms with Crippen LogP contribution in [0.3, 0.4) is 0 Å². The van der Waals surface area contributed by atoms with Crippen molar-refractivity contribution in [2.75, 3.05) is 15.0 Å². The minimum Gasteiger partial charge on any atom is -0.304 e. The predicted molar refractivity (Wildman–Crippen MR) is 125 cm³/mol. The maximum Gasteiger partial charge on any atom is 0.258 e. The van der Waals surface area contributed by atoms with E-state index in [-0.39, 0.29) is 17.3 Å². The molecule has 0 radical (unpaired) electrons.